The Balaban J connectivity index is 3.02. The summed E-state index contributed by atoms with van der Waals surface area (Å²) in [5.41, 5.74) is 12.6. The molecule has 7 N–H and O–H groups in total. The van der Waals surface area contributed by atoms with E-state index in [-0.39, 0.29) is 5.56 Å². The van der Waals surface area contributed by atoms with Gasteiger partial charge in [-0.15, -0.1) is 0 Å². The van der Waals surface area contributed by atoms with Crippen molar-refractivity contribution in [3.63, 3.8) is 0 Å². The van der Waals surface area contributed by atoms with Gasteiger partial charge in [0, 0.05) is 0 Å². The number of ether oxygens (including phenoxy) is 1. The zero-order chi connectivity index (χ0) is 23.8. The Morgan fingerprint density at radius 2 is 1.77 bits per heavy atom. The number of benzene rings is 1. The zero-order valence-electron chi connectivity index (χ0n) is 17.1. The number of hydrazone groups is 1. The molecule has 1 aromatic carbocycles. The molecule has 0 aliphatic carbocycles. The molecular weight excluding hydrogens is 410 g/mol. The summed E-state index contributed by atoms with van der Waals surface area (Å²) >= 11 is 0. The molecule has 1 rings (SSSR count). The van der Waals surface area contributed by atoms with Crippen molar-refractivity contribution in [2.75, 3.05) is 0 Å². The number of primary amides is 1. The lowest BCUT2D eigenvalue weighted by Crippen LogP contribution is -2.48. The third kappa shape index (κ3) is 8.22. The first-order chi connectivity index (χ1) is 14.4. The fourth-order valence-electron chi connectivity index (χ4n) is 2.40. The summed E-state index contributed by atoms with van der Waals surface area (Å²) in [5, 5.41) is 15.1. The van der Waals surface area contributed by atoms with Crippen LogP contribution in [0.25, 0.3) is 0 Å². The van der Waals surface area contributed by atoms with Gasteiger partial charge in [-0.3, -0.25) is 14.4 Å². The number of urea groups is 1. The van der Waals surface area contributed by atoms with Gasteiger partial charge in [0.2, 0.25) is 6.29 Å². The zero-order valence-corrected chi connectivity index (χ0v) is 17.1. The van der Waals surface area contributed by atoms with Gasteiger partial charge < -0.3 is 26.6 Å². The van der Waals surface area contributed by atoms with Gasteiger partial charge in [0.05, 0.1) is 12.3 Å². The van der Waals surface area contributed by atoms with Gasteiger partial charge in [0.25, 0.3) is 0 Å². The van der Waals surface area contributed by atoms with Crippen LogP contribution in [0.3, 0.4) is 0 Å². The Morgan fingerprint density at radius 1 is 1.19 bits per heavy atom. The number of nitrogens with zero attached hydrogens (tertiary/aromatic N) is 1. The van der Waals surface area contributed by atoms with Crippen molar-refractivity contribution in [2.24, 2.45) is 22.5 Å². The molecule has 0 fully saturated rings. The maximum absolute atomic E-state index is 12.7. The minimum absolute atomic E-state index is 0.186. The van der Waals surface area contributed by atoms with E-state index in [1.165, 1.54) is 36.8 Å². The number of nitrogens with one attached hydrogen (secondary N) is 2. The molecule has 167 valence electrons. The number of carboxylic acid groups (broad SMARTS) is 1. The second-order valence-electron chi connectivity index (χ2n) is 7.34. The van der Waals surface area contributed by atoms with E-state index in [0.717, 1.165) is 0 Å². The predicted molar refractivity (Wildman–Crippen MR) is 109 cm³/mol. The van der Waals surface area contributed by atoms with Gasteiger partial charge in [-0.2, -0.15) is 5.10 Å². The first kappa shape index (κ1) is 25.2. The average Bonchev–Trinajstić information content (AvgIpc) is 2.64. The molecule has 0 aliphatic heterocycles. The van der Waals surface area contributed by atoms with Crippen LogP contribution < -0.4 is 22.2 Å². The molecule has 0 heterocycles. The van der Waals surface area contributed by atoms with Crippen molar-refractivity contribution in [2.45, 2.75) is 38.5 Å². The molecule has 0 saturated heterocycles. The number of rotatable bonds is 9. The van der Waals surface area contributed by atoms with Crippen LogP contribution in [0.2, 0.25) is 0 Å². The van der Waals surface area contributed by atoms with Crippen molar-refractivity contribution < 1.29 is 33.8 Å². The highest BCUT2D eigenvalue weighted by Gasteiger charge is 2.38. The highest BCUT2D eigenvalue weighted by Crippen LogP contribution is 2.20. The lowest BCUT2D eigenvalue weighted by molar-refractivity contribution is -0.147. The normalized spacial score (nSPS) is 14.2. The number of nitrogens with two attached hydrogens (primary N) is 2. The van der Waals surface area contributed by atoms with Crippen LogP contribution in [0.4, 0.5) is 9.59 Å². The Bertz CT molecular complexity index is 861. The van der Waals surface area contributed by atoms with Gasteiger partial charge >= 0.3 is 18.1 Å². The summed E-state index contributed by atoms with van der Waals surface area (Å²) in [7, 11) is 0. The quantitative estimate of drug-likeness (QED) is 0.202. The van der Waals surface area contributed by atoms with E-state index in [2.05, 4.69) is 15.8 Å². The SMILES string of the molecule is CC(C)(C)OC(=O)NN=Cc1ccc(C(NC(N)=O)C(=O)C(C(=O)O)[C@H](N)[C]=O)cc1. The molecule has 31 heavy (non-hydrogen) atoms. The van der Waals surface area contributed by atoms with Gasteiger partial charge in [-0.1, -0.05) is 24.3 Å². The van der Waals surface area contributed by atoms with Crippen LogP contribution in [0, 0.1) is 5.92 Å². The number of carbonyl (C=O) groups is 4. The number of carbonyl (C=O) groups excluding carboxylic acids is 4. The smallest absolute Gasteiger partial charge is 0.428 e. The highest BCUT2D eigenvalue weighted by atomic mass is 16.6. The van der Waals surface area contributed by atoms with Crippen LogP contribution in [0.15, 0.2) is 29.4 Å². The first-order valence-corrected chi connectivity index (χ1v) is 8.93. The number of carboxylic acids is 1. The topological polar surface area (TPSA) is 203 Å². The van der Waals surface area contributed by atoms with Gasteiger partial charge in [0.15, 0.2) is 5.78 Å². The van der Waals surface area contributed by atoms with E-state index in [4.69, 9.17) is 16.2 Å². The number of hydrogen-bond donors (Lipinski definition) is 5. The molecule has 12 nitrogen and oxygen atoms in total. The lowest BCUT2D eigenvalue weighted by Gasteiger charge is -2.22. The Morgan fingerprint density at radius 3 is 2.23 bits per heavy atom. The van der Waals surface area contributed by atoms with Gasteiger partial charge in [-0.05, 0) is 31.9 Å². The van der Waals surface area contributed by atoms with Crippen LogP contribution in [-0.4, -0.2) is 53.1 Å². The second-order valence-corrected chi connectivity index (χ2v) is 7.34. The third-order valence-corrected chi connectivity index (χ3v) is 3.68. The summed E-state index contributed by atoms with van der Waals surface area (Å²) in [4.78, 5) is 57.7. The van der Waals surface area contributed by atoms with E-state index < -0.39 is 47.5 Å². The van der Waals surface area contributed by atoms with Crippen molar-refractivity contribution in [1.29, 1.82) is 0 Å². The van der Waals surface area contributed by atoms with Crippen LogP contribution >= 0.6 is 0 Å². The summed E-state index contributed by atoms with van der Waals surface area (Å²) in [6, 6.07) is 1.50. The Hall–Kier alpha value is -3.80. The molecule has 0 spiro atoms. The molecule has 1 aromatic rings. The van der Waals surface area contributed by atoms with Crippen molar-refractivity contribution in [3.8, 4) is 0 Å². The summed E-state index contributed by atoms with van der Waals surface area (Å²) in [5.74, 6) is -4.63. The second kappa shape index (κ2) is 10.8. The predicted octanol–water partition coefficient (Wildman–Crippen LogP) is -0.0385. The van der Waals surface area contributed by atoms with Gasteiger partial charge in [-0.25, -0.2) is 15.0 Å². The summed E-state index contributed by atoms with van der Waals surface area (Å²) in [6.07, 6.45) is 1.81. The molecule has 2 unspecified atom stereocenters. The lowest BCUT2D eigenvalue weighted by atomic mass is 9.88. The van der Waals surface area contributed by atoms with Crippen LogP contribution in [0.5, 0.6) is 0 Å². The van der Waals surface area contributed by atoms with E-state index in [0.29, 0.717) is 5.56 Å². The van der Waals surface area contributed by atoms with Crippen molar-refractivity contribution in [1.82, 2.24) is 10.7 Å². The molecule has 0 aromatic heterocycles. The molecule has 1 radical (unpaired) electrons. The van der Waals surface area contributed by atoms with Crippen LogP contribution in [-0.2, 0) is 19.1 Å². The largest absolute Gasteiger partial charge is 0.481 e. The summed E-state index contributed by atoms with van der Waals surface area (Å²) in [6.45, 7) is 5.09. The molecule has 0 bridgehead atoms. The number of amides is 3. The maximum atomic E-state index is 12.7. The Labute approximate surface area is 178 Å². The molecule has 3 amide bonds. The Kier molecular flexibility index (Phi) is 8.81. The number of Topliss-reactive ketones (excluding diaryl/α,β-unsaturated/α-hetero) is 1. The summed E-state index contributed by atoms with van der Waals surface area (Å²) < 4.78 is 5.02. The van der Waals surface area contributed by atoms with E-state index >= 15 is 0 Å². The standard InChI is InChI=1S/C19H24N5O7/c1-19(2,3)31-18(30)24-22-8-10-4-6-11(7-5-10)14(23-17(21)29)15(26)13(16(27)28)12(20)9-25/h4-8,12-14H,20H2,1-3H3,(H,24,30)(H,27,28)(H3,21,23,29)/t12-,13?,14?/m1/s1. The minimum Gasteiger partial charge on any atom is -0.481 e. The fraction of sp³-hybridized carbons (Fsp3) is 0.368. The molecular formula is C19H24N5O7. The minimum atomic E-state index is -1.94. The van der Waals surface area contributed by atoms with Gasteiger partial charge in [0.1, 0.15) is 17.6 Å². The first-order valence-electron chi connectivity index (χ1n) is 8.93. The molecule has 3 atom stereocenters. The van der Waals surface area contributed by atoms with Crippen LogP contribution in [0.1, 0.15) is 37.9 Å². The average molecular weight is 434 g/mol. The van der Waals surface area contributed by atoms with E-state index in [9.17, 15) is 29.1 Å². The fourth-order valence-corrected chi connectivity index (χ4v) is 2.40. The molecule has 0 aliphatic rings. The number of aliphatic carboxylic acids is 1. The van der Waals surface area contributed by atoms with Crippen molar-refractivity contribution >= 4 is 36.4 Å². The number of ketones is 1. The maximum Gasteiger partial charge on any atom is 0.428 e. The molecule has 0 saturated carbocycles. The third-order valence-electron chi connectivity index (χ3n) is 3.68. The monoisotopic (exact) mass is 434 g/mol. The van der Waals surface area contributed by atoms with E-state index in [1.807, 2.05) is 0 Å². The number of hydrogen-bond acceptors (Lipinski definition) is 8. The van der Waals surface area contributed by atoms with E-state index in [1.54, 1.807) is 20.8 Å². The highest BCUT2D eigenvalue weighted by molar-refractivity contribution is 6.05. The molecule has 12 heteroatoms. The van der Waals surface area contributed by atoms with Crippen molar-refractivity contribution in [3.05, 3.63) is 35.4 Å².